The molecule has 2 aromatic carbocycles. The van der Waals surface area contributed by atoms with Crippen molar-refractivity contribution in [3.8, 4) is 0 Å². The smallest absolute Gasteiger partial charge is 0.260 e. The number of sulfonamides is 1. The maximum absolute atomic E-state index is 12.2. The van der Waals surface area contributed by atoms with Gasteiger partial charge < -0.3 is 0 Å². The molecule has 2 aromatic rings. The van der Waals surface area contributed by atoms with Crippen molar-refractivity contribution >= 4 is 50.5 Å². The number of hydrazone groups is 1. The molecule has 0 aliphatic rings. The van der Waals surface area contributed by atoms with Gasteiger partial charge in [-0.25, -0.2) is 13.8 Å². The number of carbonyl (C=O) groups is 1. The van der Waals surface area contributed by atoms with Crippen molar-refractivity contribution < 1.29 is 13.2 Å². The van der Waals surface area contributed by atoms with Gasteiger partial charge in [0.15, 0.2) is 0 Å². The monoisotopic (exact) mass is 413 g/mol. The second-order valence-corrected chi connectivity index (χ2v) is 8.19. The maximum atomic E-state index is 12.2. The molecular weight excluding hydrogens is 397 g/mol. The van der Waals surface area contributed by atoms with E-state index < -0.39 is 22.5 Å². The van der Waals surface area contributed by atoms with Crippen LogP contribution in [0, 0.1) is 0 Å². The molecule has 2 rings (SSSR count). The first-order chi connectivity index (χ1) is 12.2. The highest BCUT2D eigenvalue weighted by Crippen LogP contribution is 2.28. The molecule has 1 N–H and O–H groups in total. The Morgan fingerprint density at radius 3 is 2.35 bits per heavy atom. The minimum absolute atomic E-state index is 0.191. The number of hydrogen-bond acceptors (Lipinski definition) is 4. The Hall–Kier alpha value is -2.09. The zero-order valence-corrected chi connectivity index (χ0v) is 16.4. The number of anilines is 1. The van der Waals surface area contributed by atoms with Gasteiger partial charge in [0, 0.05) is 0 Å². The van der Waals surface area contributed by atoms with Crippen molar-refractivity contribution in [1.29, 1.82) is 0 Å². The molecule has 0 saturated carbocycles. The minimum atomic E-state index is -3.71. The second-order valence-electron chi connectivity index (χ2n) is 5.47. The summed E-state index contributed by atoms with van der Waals surface area (Å²) in [5, 5.41) is 4.48. The van der Waals surface area contributed by atoms with Crippen LogP contribution >= 0.6 is 23.2 Å². The fraction of sp³-hybridized carbons (Fsp3) is 0.176. The van der Waals surface area contributed by atoms with Crippen molar-refractivity contribution in [2.24, 2.45) is 5.10 Å². The van der Waals surface area contributed by atoms with Gasteiger partial charge in [-0.3, -0.25) is 9.10 Å². The molecule has 0 unspecified atom stereocenters. The van der Waals surface area contributed by atoms with Crippen LogP contribution in [0.2, 0.25) is 10.0 Å². The summed E-state index contributed by atoms with van der Waals surface area (Å²) in [5.74, 6) is -0.586. The quantitative estimate of drug-likeness (QED) is 0.582. The molecule has 0 spiro atoms. The number of nitrogens with one attached hydrogen (secondary N) is 1. The van der Waals surface area contributed by atoms with E-state index in [9.17, 15) is 13.2 Å². The first-order valence-corrected chi connectivity index (χ1v) is 10.1. The molecule has 0 radical (unpaired) electrons. The number of amides is 1. The molecule has 0 bridgehead atoms. The number of benzene rings is 2. The van der Waals surface area contributed by atoms with Crippen LogP contribution in [0.4, 0.5) is 5.69 Å². The van der Waals surface area contributed by atoms with Crippen LogP contribution in [-0.4, -0.2) is 32.8 Å². The van der Waals surface area contributed by atoms with Crippen LogP contribution in [-0.2, 0) is 14.8 Å². The summed E-state index contributed by atoms with van der Waals surface area (Å²) in [6, 6.07) is 13.6. The van der Waals surface area contributed by atoms with Crippen LogP contribution in [0.25, 0.3) is 0 Å². The highest BCUT2D eigenvalue weighted by atomic mass is 35.5. The van der Waals surface area contributed by atoms with Gasteiger partial charge in [0.1, 0.15) is 6.54 Å². The van der Waals surface area contributed by atoms with Gasteiger partial charge in [0.2, 0.25) is 10.0 Å². The molecule has 0 heterocycles. The average Bonchev–Trinajstić information content (AvgIpc) is 2.60. The molecule has 9 heteroatoms. The lowest BCUT2D eigenvalue weighted by Gasteiger charge is -2.21. The zero-order valence-electron chi connectivity index (χ0n) is 14.1. The Labute approximate surface area is 162 Å². The zero-order chi connectivity index (χ0) is 19.3. The highest BCUT2D eigenvalue weighted by molar-refractivity contribution is 7.92. The Morgan fingerprint density at radius 1 is 1.12 bits per heavy atom. The summed E-state index contributed by atoms with van der Waals surface area (Å²) < 4.78 is 25.0. The first kappa shape index (κ1) is 20.2. The Kier molecular flexibility index (Phi) is 6.63. The van der Waals surface area contributed by atoms with Gasteiger partial charge in [0.05, 0.1) is 27.7 Å². The molecule has 0 fully saturated rings. The molecular formula is C17H17Cl2N3O3S. The van der Waals surface area contributed by atoms with Gasteiger partial charge in [-0.15, -0.1) is 0 Å². The summed E-state index contributed by atoms with van der Waals surface area (Å²) >= 11 is 11.8. The Morgan fingerprint density at radius 2 is 1.77 bits per heavy atom. The lowest BCUT2D eigenvalue weighted by Crippen LogP contribution is -2.39. The van der Waals surface area contributed by atoms with E-state index >= 15 is 0 Å². The van der Waals surface area contributed by atoms with E-state index in [1.165, 1.54) is 18.2 Å². The maximum Gasteiger partial charge on any atom is 0.260 e. The molecule has 0 aromatic heterocycles. The molecule has 0 atom stereocenters. The third-order valence-corrected chi connectivity index (χ3v) is 5.30. The van der Waals surface area contributed by atoms with Crippen LogP contribution < -0.4 is 9.73 Å². The summed E-state index contributed by atoms with van der Waals surface area (Å²) in [6.45, 7) is 1.30. The first-order valence-electron chi connectivity index (χ1n) is 7.50. The van der Waals surface area contributed by atoms with Gasteiger partial charge in [-0.1, -0.05) is 53.5 Å². The second kappa shape index (κ2) is 8.53. The lowest BCUT2D eigenvalue weighted by atomic mass is 10.1. The van der Waals surface area contributed by atoms with Crippen molar-refractivity contribution in [3.05, 3.63) is 64.1 Å². The number of rotatable bonds is 6. The number of hydrogen-bond donors (Lipinski definition) is 1. The van der Waals surface area contributed by atoms with Crippen LogP contribution in [0.5, 0.6) is 0 Å². The predicted molar refractivity (Wildman–Crippen MR) is 105 cm³/mol. The summed E-state index contributed by atoms with van der Waals surface area (Å²) in [6.07, 6.45) is 1.00. The molecule has 138 valence electrons. The molecule has 26 heavy (non-hydrogen) atoms. The molecule has 0 saturated heterocycles. The van der Waals surface area contributed by atoms with E-state index in [2.05, 4.69) is 10.5 Å². The predicted octanol–water partition coefficient (Wildman–Crippen LogP) is 3.30. The van der Waals surface area contributed by atoms with Gasteiger partial charge in [-0.05, 0) is 30.7 Å². The largest absolute Gasteiger partial charge is 0.271 e. The molecule has 0 aliphatic carbocycles. The molecule has 1 amide bonds. The standard InChI is InChI=1S/C17H17Cl2N3O3S/c1-12(13-6-4-3-5-7-13)20-21-17(23)11-22(26(2,24)25)14-8-9-15(18)16(19)10-14/h3-10H,11H2,1-2H3,(H,21,23)/b20-12-. The SMILES string of the molecule is C/C(=N/NC(=O)CN(c1ccc(Cl)c(Cl)c1)S(C)(=O)=O)c1ccccc1. The Balaban J connectivity index is 2.16. The number of nitrogens with zero attached hydrogens (tertiary/aromatic N) is 2. The number of carbonyl (C=O) groups excluding carboxylic acids is 1. The van der Waals surface area contributed by atoms with Crippen molar-refractivity contribution in [1.82, 2.24) is 5.43 Å². The summed E-state index contributed by atoms with van der Waals surface area (Å²) in [4.78, 5) is 12.2. The van der Waals surface area contributed by atoms with E-state index in [0.29, 0.717) is 5.71 Å². The van der Waals surface area contributed by atoms with Crippen molar-refractivity contribution in [2.75, 3.05) is 17.1 Å². The van der Waals surface area contributed by atoms with Crippen molar-refractivity contribution in [2.45, 2.75) is 6.92 Å². The van der Waals surface area contributed by atoms with Gasteiger partial charge in [-0.2, -0.15) is 5.10 Å². The topological polar surface area (TPSA) is 78.8 Å². The van der Waals surface area contributed by atoms with E-state index in [0.717, 1.165) is 16.1 Å². The fourth-order valence-corrected chi connectivity index (χ4v) is 3.24. The average molecular weight is 414 g/mol. The van der Waals surface area contributed by atoms with E-state index in [1.807, 2.05) is 30.3 Å². The van der Waals surface area contributed by atoms with Crippen LogP contribution in [0.15, 0.2) is 53.6 Å². The minimum Gasteiger partial charge on any atom is -0.271 e. The number of halogens is 2. The molecule has 0 aliphatic heterocycles. The van der Waals surface area contributed by atoms with Gasteiger partial charge >= 0.3 is 0 Å². The summed E-state index contributed by atoms with van der Waals surface area (Å²) in [7, 11) is -3.71. The fourth-order valence-electron chi connectivity index (χ4n) is 2.10. The molecule has 6 nitrogen and oxygen atoms in total. The van der Waals surface area contributed by atoms with Crippen molar-refractivity contribution in [3.63, 3.8) is 0 Å². The third-order valence-electron chi connectivity index (χ3n) is 3.42. The highest BCUT2D eigenvalue weighted by Gasteiger charge is 2.21. The van der Waals surface area contributed by atoms with E-state index in [1.54, 1.807) is 6.92 Å². The Bertz CT molecular complexity index is 932. The normalized spacial score (nSPS) is 11.9. The van der Waals surface area contributed by atoms with E-state index in [4.69, 9.17) is 23.2 Å². The summed E-state index contributed by atoms with van der Waals surface area (Å²) in [5.41, 5.74) is 4.04. The van der Waals surface area contributed by atoms with Gasteiger partial charge in [0.25, 0.3) is 5.91 Å². The van der Waals surface area contributed by atoms with Crippen LogP contribution in [0.3, 0.4) is 0 Å². The van der Waals surface area contributed by atoms with Crippen LogP contribution in [0.1, 0.15) is 12.5 Å². The van der Waals surface area contributed by atoms with E-state index in [-0.39, 0.29) is 15.7 Å². The third kappa shape index (κ3) is 5.45. The lowest BCUT2D eigenvalue weighted by molar-refractivity contribution is -0.119.